The Morgan fingerprint density at radius 3 is 2.64 bits per heavy atom. The largest absolute Gasteiger partial charge is 0.481 e. The normalized spacial score (nSPS) is 21.7. The fraction of sp³-hybridized carbons (Fsp3) is 0.333. The lowest BCUT2D eigenvalue weighted by Crippen LogP contribution is -2.29. The second kappa shape index (κ2) is 6.44. The average Bonchev–Trinajstić information content (AvgIpc) is 3.04. The van der Waals surface area contributed by atoms with E-state index in [4.69, 9.17) is 0 Å². The van der Waals surface area contributed by atoms with Crippen LogP contribution in [0, 0.1) is 17.3 Å². The maximum absolute atomic E-state index is 12.8. The third-order valence-electron chi connectivity index (χ3n) is 5.78. The summed E-state index contributed by atoms with van der Waals surface area (Å²) in [4.78, 5) is 42.4. The van der Waals surface area contributed by atoms with E-state index in [1.54, 1.807) is 49.2 Å². The molecule has 0 saturated heterocycles. The number of amides is 2. The summed E-state index contributed by atoms with van der Waals surface area (Å²) in [5.41, 5.74) is 2.30. The van der Waals surface area contributed by atoms with Gasteiger partial charge in [-0.3, -0.25) is 19.4 Å². The Morgan fingerprint density at radius 2 is 2.00 bits per heavy atom. The number of rotatable bonds is 4. The summed E-state index contributed by atoms with van der Waals surface area (Å²) in [5, 5.41) is 12.1. The van der Waals surface area contributed by atoms with Crippen LogP contribution in [-0.2, 0) is 16.0 Å². The SMILES string of the molecule is CC1(C)C(C(=O)O)C1C(=O)Nc1ccc2c(c1)N(C(=O)c1cccnc1)CC2. The molecule has 2 aliphatic rings. The van der Waals surface area contributed by atoms with Crippen LogP contribution in [0.5, 0.6) is 0 Å². The molecule has 4 rings (SSSR count). The van der Waals surface area contributed by atoms with Gasteiger partial charge in [0.2, 0.25) is 5.91 Å². The van der Waals surface area contributed by atoms with E-state index >= 15 is 0 Å². The molecular formula is C21H21N3O4. The molecule has 1 aromatic carbocycles. The number of anilines is 2. The number of carboxylic acid groups (broad SMARTS) is 1. The number of nitrogens with zero attached hydrogens (tertiary/aromatic N) is 2. The minimum absolute atomic E-state index is 0.135. The molecule has 1 fully saturated rings. The maximum Gasteiger partial charge on any atom is 0.307 e. The van der Waals surface area contributed by atoms with Gasteiger partial charge in [-0.25, -0.2) is 0 Å². The van der Waals surface area contributed by atoms with Gasteiger partial charge >= 0.3 is 5.97 Å². The van der Waals surface area contributed by atoms with Gasteiger partial charge in [0.05, 0.1) is 17.4 Å². The quantitative estimate of drug-likeness (QED) is 0.851. The van der Waals surface area contributed by atoms with Crippen LogP contribution < -0.4 is 10.2 Å². The van der Waals surface area contributed by atoms with Crippen LogP contribution in [-0.4, -0.2) is 34.4 Å². The number of aliphatic carboxylic acids is 1. The van der Waals surface area contributed by atoms with Crippen molar-refractivity contribution in [3.63, 3.8) is 0 Å². The van der Waals surface area contributed by atoms with Gasteiger partial charge in [0.1, 0.15) is 0 Å². The van der Waals surface area contributed by atoms with E-state index in [2.05, 4.69) is 10.3 Å². The summed E-state index contributed by atoms with van der Waals surface area (Å²) < 4.78 is 0. The number of pyridine rings is 1. The highest BCUT2D eigenvalue weighted by Gasteiger charge is 2.65. The smallest absolute Gasteiger partial charge is 0.307 e. The maximum atomic E-state index is 12.8. The van der Waals surface area contributed by atoms with Gasteiger partial charge in [-0.1, -0.05) is 19.9 Å². The minimum atomic E-state index is -0.952. The van der Waals surface area contributed by atoms with Crippen LogP contribution in [0.1, 0.15) is 29.8 Å². The molecule has 1 aliphatic heterocycles. The fourth-order valence-corrected chi connectivity index (χ4v) is 4.12. The first-order chi connectivity index (χ1) is 13.3. The van der Waals surface area contributed by atoms with Crippen molar-refractivity contribution in [1.82, 2.24) is 4.98 Å². The third kappa shape index (κ3) is 2.93. The molecule has 1 aliphatic carbocycles. The molecule has 2 heterocycles. The molecule has 2 aromatic rings. The van der Waals surface area contributed by atoms with Gasteiger partial charge in [-0.2, -0.15) is 0 Å². The summed E-state index contributed by atoms with van der Waals surface area (Å²) in [5.74, 6) is -2.63. The number of carbonyl (C=O) groups is 3. The summed E-state index contributed by atoms with van der Waals surface area (Å²) in [7, 11) is 0. The fourth-order valence-electron chi connectivity index (χ4n) is 4.12. The van der Waals surface area contributed by atoms with E-state index in [-0.39, 0.29) is 11.8 Å². The lowest BCUT2D eigenvalue weighted by molar-refractivity contribution is -0.140. The molecule has 2 amide bonds. The van der Waals surface area contributed by atoms with Gasteiger partial charge in [-0.15, -0.1) is 0 Å². The summed E-state index contributed by atoms with van der Waals surface area (Å²) in [6.07, 6.45) is 3.89. The zero-order valence-electron chi connectivity index (χ0n) is 15.7. The molecule has 1 aromatic heterocycles. The van der Waals surface area contributed by atoms with Gasteiger partial charge in [0.15, 0.2) is 0 Å². The number of benzene rings is 1. The van der Waals surface area contributed by atoms with E-state index in [1.165, 1.54) is 6.20 Å². The van der Waals surface area contributed by atoms with Crippen LogP contribution in [0.3, 0.4) is 0 Å². The van der Waals surface area contributed by atoms with Gasteiger partial charge in [0, 0.05) is 30.3 Å². The number of fused-ring (bicyclic) bond motifs is 1. The van der Waals surface area contributed by atoms with Crippen molar-refractivity contribution in [2.45, 2.75) is 20.3 Å². The first-order valence-electron chi connectivity index (χ1n) is 9.19. The number of carbonyl (C=O) groups excluding carboxylic acids is 2. The predicted molar refractivity (Wildman–Crippen MR) is 103 cm³/mol. The highest BCUT2D eigenvalue weighted by molar-refractivity contribution is 6.08. The second-order valence-electron chi connectivity index (χ2n) is 7.90. The van der Waals surface area contributed by atoms with E-state index < -0.39 is 23.2 Å². The summed E-state index contributed by atoms with van der Waals surface area (Å²) in [6.45, 7) is 4.14. The molecule has 28 heavy (non-hydrogen) atoms. The Balaban J connectivity index is 1.54. The number of hydrogen-bond acceptors (Lipinski definition) is 4. The lowest BCUT2D eigenvalue weighted by atomic mass is 10.1. The molecule has 1 saturated carbocycles. The molecule has 7 nitrogen and oxygen atoms in total. The Kier molecular flexibility index (Phi) is 4.18. The average molecular weight is 379 g/mol. The van der Waals surface area contributed by atoms with E-state index in [0.717, 1.165) is 17.7 Å². The molecule has 2 atom stereocenters. The lowest BCUT2D eigenvalue weighted by Gasteiger charge is -2.18. The van der Waals surface area contributed by atoms with E-state index in [1.807, 2.05) is 6.07 Å². The monoisotopic (exact) mass is 379 g/mol. The van der Waals surface area contributed by atoms with Crippen LogP contribution in [0.25, 0.3) is 0 Å². The molecule has 144 valence electrons. The van der Waals surface area contributed by atoms with Crippen molar-refractivity contribution in [2.75, 3.05) is 16.8 Å². The van der Waals surface area contributed by atoms with Gasteiger partial charge in [-0.05, 0) is 41.7 Å². The van der Waals surface area contributed by atoms with Crippen LogP contribution in [0.2, 0.25) is 0 Å². The Morgan fingerprint density at radius 1 is 1.21 bits per heavy atom. The molecule has 0 spiro atoms. The molecule has 7 heteroatoms. The molecule has 0 radical (unpaired) electrons. The Labute approximate surface area is 162 Å². The number of aromatic nitrogens is 1. The van der Waals surface area contributed by atoms with Crippen molar-refractivity contribution >= 4 is 29.2 Å². The van der Waals surface area contributed by atoms with Crippen molar-refractivity contribution < 1.29 is 19.5 Å². The molecular weight excluding hydrogens is 358 g/mol. The summed E-state index contributed by atoms with van der Waals surface area (Å²) >= 11 is 0. The minimum Gasteiger partial charge on any atom is -0.481 e. The van der Waals surface area contributed by atoms with E-state index in [9.17, 15) is 19.5 Å². The Bertz CT molecular complexity index is 971. The van der Waals surface area contributed by atoms with Crippen molar-refractivity contribution in [3.8, 4) is 0 Å². The number of nitrogens with one attached hydrogen (secondary N) is 1. The van der Waals surface area contributed by atoms with E-state index in [0.29, 0.717) is 17.8 Å². The topological polar surface area (TPSA) is 99.6 Å². The Hall–Kier alpha value is -3.22. The van der Waals surface area contributed by atoms with Crippen molar-refractivity contribution in [2.24, 2.45) is 17.3 Å². The highest BCUT2D eigenvalue weighted by Crippen LogP contribution is 2.58. The zero-order valence-corrected chi connectivity index (χ0v) is 15.7. The summed E-state index contributed by atoms with van der Waals surface area (Å²) in [6, 6.07) is 8.91. The standard InChI is InChI=1S/C21H21N3O4/c1-21(2)16(17(21)20(27)28)18(25)23-14-6-5-12-7-9-24(15(12)10-14)19(26)13-4-3-8-22-11-13/h3-6,8,10-11,16-17H,7,9H2,1-2H3,(H,23,25)(H,27,28). The molecule has 2 N–H and O–H groups in total. The molecule has 2 unspecified atom stereocenters. The highest BCUT2D eigenvalue weighted by atomic mass is 16.4. The van der Waals surface area contributed by atoms with Crippen LogP contribution in [0.4, 0.5) is 11.4 Å². The van der Waals surface area contributed by atoms with Crippen LogP contribution in [0.15, 0.2) is 42.7 Å². The number of carboxylic acids is 1. The second-order valence-corrected chi connectivity index (χ2v) is 7.90. The number of hydrogen-bond donors (Lipinski definition) is 2. The van der Waals surface area contributed by atoms with Crippen molar-refractivity contribution in [1.29, 1.82) is 0 Å². The molecule has 0 bridgehead atoms. The van der Waals surface area contributed by atoms with Crippen LogP contribution >= 0.6 is 0 Å². The van der Waals surface area contributed by atoms with Crippen molar-refractivity contribution in [3.05, 3.63) is 53.9 Å². The first kappa shape index (κ1) is 18.2. The predicted octanol–water partition coefficient (Wildman–Crippen LogP) is 2.58. The third-order valence-corrected chi connectivity index (χ3v) is 5.78. The van der Waals surface area contributed by atoms with Gasteiger partial charge < -0.3 is 15.3 Å². The van der Waals surface area contributed by atoms with Gasteiger partial charge in [0.25, 0.3) is 5.91 Å². The zero-order chi connectivity index (χ0) is 20.1. The first-order valence-corrected chi connectivity index (χ1v) is 9.19.